The first-order chi connectivity index (χ1) is 14.9. The van der Waals surface area contributed by atoms with Crippen LogP contribution in [0.15, 0.2) is 0 Å². The molecule has 0 heterocycles. The number of carbonyl (C=O) groups is 6. The summed E-state index contributed by atoms with van der Waals surface area (Å²) in [6, 6.07) is -0.696. The molecule has 0 spiro atoms. The average molecular weight is 442 g/mol. The van der Waals surface area contributed by atoms with Gasteiger partial charge in [-0.3, -0.25) is 24.0 Å². The fourth-order valence-corrected chi connectivity index (χ4v) is 2.35. The van der Waals surface area contributed by atoms with Crippen molar-refractivity contribution in [3.8, 4) is 0 Å². The minimum Gasteiger partial charge on any atom is -0.346 e. The van der Waals surface area contributed by atoms with E-state index in [-0.39, 0.29) is 51.2 Å². The monoisotopic (exact) mass is 442 g/mol. The summed E-state index contributed by atoms with van der Waals surface area (Å²) in [5.74, 6) is -2.37. The van der Waals surface area contributed by atoms with Gasteiger partial charge in [-0.2, -0.15) is 0 Å². The number of aldehydes is 1. The van der Waals surface area contributed by atoms with E-state index in [1.165, 1.54) is 0 Å². The Balaban J connectivity index is 2.19. The molecule has 1 unspecified atom stereocenters. The molecule has 8 N–H and O–H groups in total. The summed E-state index contributed by atoms with van der Waals surface area (Å²) in [7, 11) is 1.62. The fourth-order valence-electron chi connectivity index (χ4n) is 2.35. The second-order valence-corrected chi connectivity index (χ2v) is 6.69. The first kappa shape index (κ1) is 25.9. The van der Waals surface area contributed by atoms with Gasteiger partial charge in [0.25, 0.3) is 0 Å². The van der Waals surface area contributed by atoms with Crippen molar-refractivity contribution in [3.05, 3.63) is 0 Å². The topological polar surface area (TPSA) is 199 Å². The summed E-state index contributed by atoms with van der Waals surface area (Å²) < 4.78 is 0. The van der Waals surface area contributed by atoms with E-state index in [4.69, 9.17) is 0 Å². The van der Waals surface area contributed by atoms with Crippen LogP contribution in [0, 0.1) is 5.92 Å². The summed E-state index contributed by atoms with van der Waals surface area (Å²) in [5.41, 5.74) is 5.08. The standard InChI is InChI=1S/C17H30N8O6/c1-18-6-15(30)25-16(11-2-3-11)17(31)21-9-13(28)19-7-12(27)20-8-14(29)22-10-24-23-4-5-26/h5,11,16,18,23-24H,2-4,6-10H2,1H3,(H,19,28)(H,20,27)(H,21,31)(H,22,29)(H,25,30). The highest BCUT2D eigenvalue weighted by atomic mass is 16.2. The zero-order valence-corrected chi connectivity index (χ0v) is 17.3. The van der Waals surface area contributed by atoms with Gasteiger partial charge in [0.1, 0.15) is 12.3 Å². The van der Waals surface area contributed by atoms with Gasteiger partial charge in [-0.15, -0.1) is 0 Å². The van der Waals surface area contributed by atoms with Crippen LogP contribution >= 0.6 is 0 Å². The van der Waals surface area contributed by atoms with Gasteiger partial charge in [0.2, 0.25) is 29.5 Å². The van der Waals surface area contributed by atoms with Crippen molar-refractivity contribution in [2.45, 2.75) is 18.9 Å². The van der Waals surface area contributed by atoms with Gasteiger partial charge in [-0.1, -0.05) is 0 Å². The quantitative estimate of drug-likeness (QED) is 0.0498. The smallest absolute Gasteiger partial charge is 0.243 e. The maximum Gasteiger partial charge on any atom is 0.243 e. The van der Waals surface area contributed by atoms with E-state index >= 15 is 0 Å². The van der Waals surface area contributed by atoms with Crippen LogP contribution in [0.5, 0.6) is 0 Å². The van der Waals surface area contributed by atoms with Crippen LogP contribution < -0.4 is 42.8 Å². The van der Waals surface area contributed by atoms with Gasteiger partial charge < -0.3 is 36.7 Å². The highest BCUT2D eigenvalue weighted by Gasteiger charge is 2.37. The van der Waals surface area contributed by atoms with Gasteiger partial charge in [-0.25, -0.2) is 10.9 Å². The zero-order chi connectivity index (χ0) is 23.1. The Bertz CT molecular complexity index is 655. The van der Waals surface area contributed by atoms with Crippen molar-refractivity contribution in [2.24, 2.45) is 5.92 Å². The van der Waals surface area contributed by atoms with Gasteiger partial charge in [0.05, 0.1) is 39.4 Å². The molecule has 174 valence electrons. The van der Waals surface area contributed by atoms with Crippen LogP contribution in [0.1, 0.15) is 12.8 Å². The Labute approximate surface area is 179 Å². The van der Waals surface area contributed by atoms with Crippen molar-refractivity contribution in [1.82, 2.24) is 42.8 Å². The van der Waals surface area contributed by atoms with Gasteiger partial charge >= 0.3 is 0 Å². The minimum atomic E-state index is -0.696. The van der Waals surface area contributed by atoms with E-state index in [1.54, 1.807) is 7.05 Å². The number of rotatable bonds is 16. The van der Waals surface area contributed by atoms with Crippen LogP contribution in [0.2, 0.25) is 0 Å². The van der Waals surface area contributed by atoms with E-state index < -0.39 is 29.7 Å². The Hall–Kier alpha value is -3.10. The Kier molecular flexibility index (Phi) is 12.4. The minimum absolute atomic E-state index is 0.0518. The molecule has 0 aromatic carbocycles. The van der Waals surface area contributed by atoms with E-state index in [9.17, 15) is 28.8 Å². The highest BCUT2D eigenvalue weighted by molar-refractivity contribution is 5.92. The number of hydrogen-bond acceptors (Lipinski definition) is 9. The molecule has 0 aromatic heterocycles. The van der Waals surface area contributed by atoms with Crippen molar-refractivity contribution in [1.29, 1.82) is 0 Å². The van der Waals surface area contributed by atoms with Crippen molar-refractivity contribution < 1.29 is 28.8 Å². The largest absolute Gasteiger partial charge is 0.346 e. The molecule has 0 saturated heterocycles. The van der Waals surface area contributed by atoms with Crippen molar-refractivity contribution in [2.75, 3.05) is 46.4 Å². The molecule has 1 aliphatic carbocycles. The lowest BCUT2D eigenvalue weighted by Crippen LogP contribution is -2.52. The predicted molar refractivity (Wildman–Crippen MR) is 108 cm³/mol. The number of hydrazine groups is 1. The van der Waals surface area contributed by atoms with E-state index in [1.807, 2.05) is 0 Å². The predicted octanol–water partition coefficient (Wildman–Crippen LogP) is -5.18. The third-order valence-corrected chi connectivity index (χ3v) is 4.03. The van der Waals surface area contributed by atoms with Crippen LogP contribution in [-0.4, -0.2) is 88.3 Å². The van der Waals surface area contributed by atoms with Crippen molar-refractivity contribution in [3.63, 3.8) is 0 Å². The first-order valence-electron chi connectivity index (χ1n) is 9.78. The molecular weight excluding hydrogens is 412 g/mol. The summed E-state index contributed by atoms with van der Waals surface area (Å²) in [6.45, 7) is -0.799. The fraction of sp³-hybridized carbons (Fsp3) is 0.647. The number of nitrogens with one attached hydrogen (secondary N) is 8. The number of carbonyl (C=O) groups excluding carboxylic acids is 6. The summed E-state index contributed by atoms with van der Waals surface area (Å²) in [4.78, 5) is 69.0. The molecule has 14 heteroatoms. The molecule has 1 atom stereocenters. The molecule has 0 aromatic rings. The van der Waals surface area contributed by atoms with Gasteiger partial charge in [-0.05, 0) is 25.8 Å². The summed E-state index contributed by atoms with van der Waals surface area (Å²) in [5, 5.41) is 14.8. The maximum absolute atomic E-state index is 12.3. The van der Waals surface area contributed by atoms with Crippen LogP contribution in [0.25, 0.3) is 0 Å². The lowest BCUT2D eigenvalue weighted by atomic mass is 10.1. The number of amides is 5. The van der Waals surface area contributed by atoms with Crippen LogP contribution in [-0.2, 0) is 28.8 Å². The summed E-state index contributed by atoms with van der Waals surface area (Å²) >= 11 is 0. The van der Waals surface area contributed by atoms with Crippen molar-refractivity contribution >= 4 is 35.8 Å². The molecule has 1 fully saturated rings. The SMILES string of the molecule is CNCC(=O)NC(C(=O)NCC(=O)NCC(=O)NCC(=O)NCNNCC=O)C1CC1. The van der Waals surface area contributed by atoms with Gasteiger partial charge in [0.15, 0.2) is 0 Å². The second kappa shape index (κ2) is 14.8. The Morgan fingerprint density at radius 3 is 1.94 bits per heavy atom. The molecule has 1 rings (SSSR count). The highest BCUT2D eigenvalue weighted by Crippen LogP contribution is 2.32. The van der Waals surface area contributed by atoms with E-state index in [2.05, 4.69) is 42.8 Å². The molecule has 1 aliphatic rings. The molecule has 1 saturated carbocycles. The first-order valence-corrected chi connectivity index (χ1v) is 9.78. The molecule has 0 radical (unpaired) electrons. The Morgan fingerprint density at radius 1 is 0.806 bits per heavy atom. The zero-order valence-electron chi connectivity index (χ0n) is 17.3. The average Bonchev–Trinajstić information content (AvgIpc) is 3.58. The third kappa shape index (κ3) is 12.2. The number of likely N-dealkylation sites (N-methyl/N-ethyl adjacent to an activating group) is 1. The van der Waals surface area contributed by atoms with Crippen LogP contribution in [0.4, 0.5) is 0 Å². The molecule has 0 bridgehead atoms. The molecule has 0 aliphatic heterocycles. The molecule has 14 nitrogen and oxygen atoms in total. The molecular formula is C17H30N8O6. The molecule has 31 heavy (non-hydrogen) atoms. The lowest BCUT2D eigenvalue weighted by Gasteiger charge is -2.17. The summed E-state index contributed by atoms with van der Waals surface area (Å²) in [6.07, 6.45) is 2.29. The van der Waals surface area contributed by atoms with E-state index in [0.29, 0.717) is 6.29 Å². The van der Waals surface area contributed by atoms with E-state index in [0.717, 1.165) is 12.8 Å². The number of hydrogen-bond donors (Lipinski definition) is 8. The Morgan fingerprint density at radius 2 is 1.39 bits per heavy atom. The molecule has 5 amide bonds. The van der Waals surface area contributed by atoms with Gasteiger partial charge in [0, 0.05) is 0 Å². The maximum atomic E-state index is 12.3. The normalized spacial score (nSPS) is 13.5. The second-order valence-electron chi connectivity index (χ2n) is 6.69. The lowest BCUT2D eigenvalue weighted by molar-refractivity contribution is -0.131. The van der Waals surface area contributed by atoms with Crippen LogP contribution in [0.3, 0.4) is 0 Å². The third-order valence-electron chi connectivity index (χ3n) is 4.03.